The molecule has 0 radical (unpaired) electrons. The van der Waals surface area contributed by atoms with Gasteiger partial charge in [0.25, 0.3) is 10.1 Å². The zero-order chi connectivity index (χ0) is 35.6. The van der Waals surface area contributed by atoms with Crippen LogP contribution in [0, 0.1) is 0 Å². The third kappa shape index (κ3) is 33.5. The lowest BCUT2D eigenvalue weighted by molar-refractivity contribution is -0.131. The molecule has 0 saturated carbocycles. The molecule has 0 aliphatic heterocycles. The summed E-state index contributed by atoms with van der Waals surface area (Å²) in [4.78, 5) is 12.6. The van der Waals surface area contributed by atoms with Gasteiger partial charge in [0, 0.05) is 0 Å². The van der Waals surface area contributed by atoms with Crippen LogP contribution < -0.4 is 5.32 Å². The van der Waals surface area contributed by atoms with E-state index in [0.29, 0.717) is 25.7 Å². The smallest absolute Gasteiger partial charge is 0.266 e. The Labute approximate surface area is 297 Å². The minimum absolute atomic E-state index is 0.293. The molecule has 8 heteroatoms. The van der Waals surface area contributed by atoms with E-state index in [1.54, 1.807) is 0 Å². The maximum absolute atomic E-state index is 12.6. The van der Waals surface area contributed by atoms with Crippen molar-refractivity contribution in [2.45, 2.75) is 231 Å². The summed E-state index contributed by atoms with van der Waals surface area (Å²) in [6.45, 7) is 4.50. The Hall–Kier alpha value is -0.960. The summed E-state index contributed by atoms with van der Waals surface area (Å²) < 4.78 is 32.5. The summed E-state index contributed by atoms with van der Waals surface area (Å²) in [6, 6.07) is -1.14. The number of carbonyl (C=O) groups is 1. The lowest BCUT2D eigenvalue weighted by Crippen LogP contribution is -2.50. The van der Waals surface area contributed by atoms with Crippen molar-refractivity contribution in [1.82, 2.24) is 5.32 Å². The first-order chi connectivity index (χ1) is 23.2. The van der Waals surface area contributed by atoms with Crippen LogP contribution in [-0.4, -0.2) is 53.1 Å². The van der Waals surface area contributed by atoms with Crippen molar-refractivity contribution in [3.05, 3.63) is 12.2 Å². The highest BCUT2D eigenvalue weighted by Gasteiger charge is 2.28. The second-order valence-corrected chi connectivity index (χ2v) is 15.9. The third-order valence-electron chi connectivity index (χ3n) is 9.58. The van der Waals surface area contributed by atoms with Crippen LogP contribution in [0.1, 0.15) is 213 Å². The maximum atomic E-state index is 12.6. The number of aliphatic hydroxyl groups is 2. The molecule has 0 rings (SSSR count). The van der Waals surface area contributed by atoms with Crippen LogP contribution in [0.25, 0.3) is 0 Å². The number of aliphatic hydroxyl groups excluding tert-OH is 2. The summed E-state index contributed by atoms with van der Waals surface area (Å²) >= 11 is 0. The van der Waals surface area contributed by atoms with E-state index in [1.165, 1.54) is 128 Å². The standard InChI is InChI=1S/C40H79NO6S/c1-3-5-7-9-11-13-15-17-18-19-20-21-22-23-25-27-29-31-33-35-39(43)40(44)41-37(36-48(45,46)47)38(42)34-32-30-28-26-24-16-14-12-10-8-6-4-2/h20-21,37-39,42-43H,3-19,22-36H2,1-2H3,(H,41,44)(H,45,46,47)/b21-20-. The first-order valence-electron chi connectivity index (χ1n) is 20.5. The molecule has 7 nitrogen and oxygen atoms in total. The van der Waals surface area contributed by atoms with Gasteiger partial charge in [-0.25, -0.2) is 0 Å². The molecule has 0 fully saturated rings. The van der Waals surface area contributed by atoms with Crippen LogP contribution in [0.2, 0.25) is 0 Å². The van der Waals surface area contributed by atoms with E-state index in [9.17, 15) is 28.0 Å². The van der Waals surface area contributed by atoms with Gasteiger partial charge in [-0.05, 0) is 38.5 Å². The Morgan fingerprint density at radius 3 is 1.25 bits per heavy atom. The van der Waals surface area contributed by atoms with Gasteiger partial charge < -0.3 is 15.5 Å². The summed E-state index contributed by atoms with van der Waals surface area (Å²) in [5, 5.41) is 23.5. The normalized spacial score (nSPS) is 14.0. The highest BCUT2D eigenvalue weighted by molar-refractivity contribution is 7.85. The molecule has 0 aliphatic rings. The Bertz CT molecular complexity index is 834. The first-order valence-corrected chi connectivity index (χ1v) is 22.1. The average molecular weight is 702 g/mol. The van der Waals surface area contributed by atoms with E-state index in [0.717, 1.165) is 44.9 Å². The van der Waals surface area contributed by atoms with Gasteiger partial charge in [0.05, 0.1) is 17.9 Å². The maximum Gasteiger partial charge on any atom is 0.266 e. The lowest BCUT2D eigenvalue weighted by atomic mass is 10.0. The van der Waals surface area contributed by atoms with E-state index in [-0.39, 0.29) is 0 Å². The summed E-state index contributed by atoms with van der Waals surface area (Å²) in [7, 11) is -4.40. The fraction of sp³-hybridized carbons (Fsp3) is 0.925. The van der Waals surface area contributed by atoms with Gasteiger partial charge in [-0.1, -0.05) is 187 Å². The molecular weight excluding hydrogens is 623 g/mol. The molecule has 4 N–H and O–H groups in total. The number of nitrogens with one attached hydrogen (secondary N) is 1. The van der Waals surface area contributed by atoms with E-state index in [4.69, 9.17) is 0 Å². The molecule has 0 aliphatic carbocycles. The number of allylic oxidation sites excluding steroid dienone is 2. The summed E-state index contributed by atoms with van der Waals surface area (Å²) in [5.74, 6) is -1.45. The van der Waals surface area contributed by atoms with Gasteiger partial charge >= 0.3 is 0 Å². The molecule has 3 unspecified atom stereocenters. The largest absolute Gasteiger partial charge is 0.391 e. The van der Waals surface area contributed by atoms with E-state index < -0.39 is 40.0 Å². The Kier molecular flexibility index (Phi) is 33.8. The molecule has 0 bridgehead atoms. The van der Waals surface area contributed by atoms with Crippen LogP contribution in [0.15, 0.2) is 12.2 Å². The predicted molar refractivity (Wildman–Crippen MR) is 204 cm³/mol. The number of rotatable bonds is 37. The lowest BCUT2D eigenvalue weighted by Gasteiger charge is -2.24. The molecule has 0 aromatic heterocycles. The van der Waals surface area contributed by atoms with Crippen molar-refractivity contribution >= 4 is 16.0 Å². The van der Waals surface area contributed by atoms with Gasteiger partial charge in [0.2, 0.25) is 5.91 Å². The molecular formula is C40H79NO6S. The number of carbonyl (C=O) groups excluding carboxylic acids is 1. The van der Waals surface area contributed by atoms with Crippen molar-refractivity contribution < 1.29 is 28.0 Å². The van der Waals surface area contributed by atoms with Crippen LogP contribution in [0.3, 0.4) is 0 Å². The van der Waals surface area contributed by atoms with Gasteiger partial charge in [-0.3, -0.25) is 9.35 Å². The average Bonchev–Trinajstić information content (AvgIpc) is 3.05. The molecule has 48 heavy (non-hydrogen) atoms. The number of amides is 1. The quantitative estimate of drug-likeness (QED) is 0.0290. The SMILES string of the molecule is CCCCCCCCCCC/C=C\CCCCCCCCC(O)C(=O)NC(CS(=O)(=O)O)C(O)CCCCCCCCCCCCCC. The zero-order valence-electron chi connectivity index (χ0n) is 31.5. The van der Waals surface area contributed by atoms with Crippen molar-refractivity contribution in [2.24, 2.45) is 0 Å². The van der Waals surface area contributed by atoms with Crippen molar-refractivity contribution in [2.75, 3.05) is 5.75 Å². The second kappa shape index (κ2) is 34.5. The van der Waals surface area contributed by atoms with E-state index >= 15 is 0 Å². The van der Waals surface area contributed by atoms with E-state index in [1.807, 2.05) is 0 Å². The van der Waals surface area contributed by atoms with Gasteiger partial charge in [-0.2, -0.15) is 8.42 Å². The highest BCUT2D eigenvalue weighted by atomic mass is 32.2. The van der Waals surface area contributed by atoms with Gasteiger partial charge in [0.1, 0.15) is 6.10 Å². The van der Waals surface area contributed by atoms with Gasteiger partial charge in [-0.15, -0.1) is 0 Å². The number of hydrogen-bond acceptors (Lipinski definition) is 5. The molecule has 0 saturated heterocycles. The molecule has 1 amide bonds. The number of unbranched alkanes of at least 4 members (excludes halogenated alkanes) is 26. The second-order valence-electron chi connectivity index (χ2n) is 14.4. The molecule has 286 valence electrons. The van der Waals surface area contributed by atoms with Crippen LogP contribution >= 0.6 is 0 Å². The van der Waals surface area contributed by atoms with Gasteiger partial charge in [0.15, 0.2) is 0 Å². The molecule has 0 spiro atoms. The first kappa shape index (κ1) is 47.0. The molecule has 0 aromatic rings. The molecule has 0 heterocycles. The Balaban J connectivity index is 3.95. The minimum atomic E-state index is -4.40. The van der Waals surface area contributed by atoms with Crippen molar-refractivity contribution in [3.63, 3.8) is 0 Å². The summed E-state index contributed by atoms with van der Waals surface area (Å²) in [6.07, 6.45) is 38.0. The minimum Gasteiger partial charge on any atom is -0.391 e. The third-order valence-corrected chi connectivity index (χ3v) is 10.4. The van der Waals surface area contributed by atoms with Crippen molar-refractivity contribution in [1.29, 1.82) is 0 Å². The van der Waals surface area contributed by atoms with Crippen LogP contribution in [0.5, 0.6) is 0 Å². The Morgan fingerprint density at radius 2 is 0.875 bits per heavy atom. The Morgan fingerprint density at radius 1 is 0.542 bits per heavy atom. The van der Waals surface area contributed by atoms with Crippen molar-refractivity contribution in [3.8, 4) is 0 Å². The fourth-order valence-corrected chi connectivity index (χ4v) is 7.16. The highest BCUT2D eigenvalue weighted by Crippen LogP contribution is 2.16. The monoisotopic (exact) mass is 702 g/mol. The van der Waals surface area contributed by atoms with Crippen LogP contribution in [0.4, 0.5) is 0 Å². The number of hydrogen-bond donors (Lipinski definition) is 4. The fourth-order valence-electron chi connectivity index (χ4n) is 6.40. The van der Waals surface area contributed by atoms with Crippen LogP contribution in [-0.2, 0) is 14.9 Å². The van der Waals surface area contributed by atoms with E-state index in [2.05, 4.69) is 31.3 Å². The topological polar surface area (TPSA) is 124 Å². The molecule has 3 atom stereocenters. The molecule has 0 aromatic carbocycles. The predicted octanol–water partition coefficient (Wildman–Crippen LogP) is 10.8. The summed E-state index contributed by atoms with van der Waals surface area (Å²) in [5.41, 5.74) is 0. The zero-order valence-corrected chi connectivity index (χ0v) is 32.3.